The normalized spacial score (nSPS) is 16.6. The number of hydrogen-bond acceptors (Lipinski definition) is 3. The van der Waals surface area contributed by atoms with Crippen LogP contribution in [0.1, 0.15) is 17.7 Å². The first-order valence-corrected chi connectivity index (χ1v) is 9.09. The second-order valence-electron chi connectivity index (χ2n) is 6.80. The van der Waals surface area contributed by atoms with Crippen LogP contribution in [-0.2, 0) is 12.7 Å². The van der Waals surface area contributed by atoms with Gasteiger partial charge in [-0.3, -0.25) is 4.90 Å². The van der Waals surface area contributed by atoms with Crippen LogP contribution >= 0.6 is 0 Å². The van der Waals surface area contributed by atoms with E-state index in [4.69, 9.17) is 0 Å². The molecule has 3 heterocycles. The molecule has 0 unspecified atom stereocenters. The average Bonchev–Trinajstić information content (AvgIpc) is 2.82. The Hall–Kier alpha value is -2.38. The Morgan fingerprint density at radius 2 is 1.81 bits per heavy atom. The van der Waals surface area contributed by atoms with Gasteiger partial charge >= 0.3 is 6.18 Å². The number of fused-ring (bicyclic) bond motifs is 1. The minimum Gasteiger partial charge on any atom is -0.315 e. The van der Waals surface area contributed by atoms with E-state index in [9.17, 15) is 13.2 Å². The Morgan fingerprint density at radius 1 is 1.00 bits per heavy atom. The number of imidazole rings is 1. The fourth-order valence-corrected chi connectivity index (χ4v) is 3.51. The van der Waals surface area contributed by atoms with Gasteiger partial charge in [-0.15, -0.1) is 0 Å². The second kappa shape index (κ2) is 7.32. The van der Waals surface area contributed by atoms with E-state index in [1.54, 1.807) is 4.40 Å². The lowest BCUT2D eigenvalue weighted by atomic mass is 10.1. The molecule has 1 aromatic carbocycles. The summed E-state index contributed by atoms with van der Waals surface area (Å²) in [5.74, 6) is 0. The number of alkyl halides is 3. The highest BCUT2D eigenvalue weighted by atomic mass is 19.4. The summed E-state index contributed by atoms with van der Waals surface area (Å²) in [6, 6.07) is 12.2. The van der Waals surface area contributed by atoms with Crippen molar-refractivity contribution in [2.24, 2.45) is 0 Å². The number of hydrogen-bond donors (Lipinski definition) is 1. The minimum absolute atomic E-state index is 0.532. The van der Waals surface area contributed by atoms with Crippen LogP contribution in [0.4, 0.5) is 13.2 Å². The lowest BCUT2D eigenvalue weighted by Gasteiger charge is -2.20. The number of halogens is 3. The summed E-state index contributed by atoms with van der Waals surface area (Å²) < 4.78 is 41.3. The number of benzene rings is 1. The van der Waals surface area contributed by atoms with Crippen molar-refractivity contribution in [2.75, 3.05) is 26.2 Å². The smallest absolute Gasteiger partial charge is 0.315 e. The highest BCUT2D eigenvalue weighted by Crippen LogP contribution is 2.32. The fraction of sp³-hybridized carbons (Fsp3) is 0.350. The maximum absolute atomic E-state index is 13.2. The van der Waals surface area contributed by atoms with Crippen LogP contribution in [0.2, 0.25) is 0 Å². The van der Waals surface area contributed by atoms with E-state index in [2.05, 4.69) is 15.2 Å². The van der Waals surface area contributed by atoms with E-state index in [1.807, 2.05) is 30.3 Å². The Bertz CT molecular complexity index is 910. The first kappa shape index (κ1) is 18.0. The molecule has 1 aliphatic rings. The highest BCUT2D eigenvalue weighted by Gasteiger charge is 2.31. The summed E-state index contributed by atoms with van der Waals surface area (Å²) >= 11 is 0. The van der Waals surface area contributed by atoms with Gasteiger partial charge in [-0.25, -0.2) is 4.98 Å². The van der Waals surface area contributed by atoms with Gasteiger partial charge in [0.05, 0.1) is 17.0 Å². The van der Waals surface area contributed by atoms with Gasteiger partial charge in [0, 0.05) is 31.4 Å². The molecular formula is C20H21F3N4. The van der Waals surface area contributed by atoms with Gasteiger partial charge in [0.2, 0.25) is 0 Å². The molecule has 7 heteroatoms. The van der Waals surface area contributed by atoms with Crippen molar-refractivity contribution in [2.45, 2.75) is 19.1 Å². The number of pyridine rings is 1. The van der Waals surface area contributed by atoms with Crippen LogP contribution in [0.5, 0.6) is 0 Å². The van der Waals surface area contributed by atoms with Crippen LogP contribution < -0.4 is 5.32 Å². The van der Waals surface area contributed by atoms with Crippen molar-refractivity contribution in [3.8, 4) is 11.3 Å². The molecule has 1 N–H and O–H groups in total. The van der Waals surface area contributed by atoms with Crippen LogP contribution in [0.15, 0.2) is 48.7 Å². The Labute approximate surface area is 155 Å². The monoisotopic (exact) mass is 374 g/mol. The van der Waals surface area contributed by atoms with Gasteiger partial charge in [0.15, 0.2) is 0 Å². The Balaban J connectivity index is 1.82. The summed E-state index contributed by atoms with van der Waals surface area (Å²) in [6.45, 7) is 4.18. The first-order chi connectivity index (χ1) is 13.0. The van der Waals surface area contributed by atoms with E-state index in [0.717, 1.165) is 55.6 Å². The SMILES string of the molecule is FC(F)(F)c1ccc2nc(-c3ccccc3)c(CN3CCCNCC3)n2c1. The number of aromatic nitrogens is 2. The van der Waals surface area contributed by atoms with Crippen LogP contribution in [0.25, 0.3) is 16.9 Å². The largest absolute Gasteiger partial charge is 0.417 e. The molecule has 0 radical (unpaired) electrons. The van der Waals surface area contributed by atoms with Crippen molar-refractivity contribution < 1.29 is 13.2 Å². The van der Waals surface area contributed by atoms with Gasteiger partial charge in [-0.05, 0) is 31.6 Å². The molecule has 1 fully saturated rings. The summed E-state index contributed by atoms with van der Waals surface area (Å²) in [5.41, 5.74) is 2.32. The maximum atomic E-state index is 13.2. The van der Waals surface area contributed by atoms with E-state index < -0.39 is 11.7 Å². The maximum Gasteiger partial charge on any atom is 0.417 e. The van der Waals surface area contributed by atoms with Crippen molar-refractivity contribution in [3.05, 3.63) is 59.9 Å². The zero-order valence-corrected chi connectivity index (χ0v) is 14.8. The summed E-state index contributed by atoms with van der Waals surface area (Å²) in [6.07, 6.45) is -2.19. The fourth-order valence-electron chi connectivity index (χ4n) is 3.51. The highest BCUT2D eigenvalue weighted by molar-refractivity contribution is 5.66. The molecule has 142 valence electrons. The van der Waals surface area contributed by atoms with Gasteiger partial charge < -0.3 is 9.72 Å². The third kappa shape index (κ3) is 3.84. The van der Waals surface area contributed by atoms with Gasteiger partial charge in [0.1, 0.15) is 5.65 Å². The molecule has 0 aliphatic carbocycles. The van der Waals surface area contributed by atoms with Crippen molar-refractivity contribution in [3.63, 3.8) is 0 Å². The number of nitrogens with one attached hydrogen (secondary N) is 1. The van der Waals surface area contributed by atoms with Crippen molar-refractivity contribution in [1.82, 2.24) is 19.6 Å². The molecule has 2 aromatic heterocycles. The molecule has 1 saturated heterocycles. The number of nitrogens with zero attached hydrogens (tertiary/aromatic N) is 3. The third-order valence-corrected chi connectivity index (χ3v) is 4.90. The summed E-state index contributed by atoms with van der Waals surface area (Å²) in [4.78, 5) is 6.92. The molecule has 4 rings (SSSR count). The van der Waals surface area contributed by atoms with Crippen LogP contribution in [0, 0.1) is 0 Å². The predicted octanol–water partition coefficient (Wildman–Crippen LogP) is 3.82. The third-order valence-electron chi connectivity index (χ3n) is 4.90. The van der Waals surface area contributed by atoms with Crippen LogP contribution in [-0.4, -0.2) is 40.5 Å². The van der Waals surface area contributed by atoms with Gasteiger partial charge in [0.25, 0.3) is 0 Å². The molecule has 1 aliphatic heterocycles. The molecule has 0 bridgehead atoms. The summed E-state index contributed by atoms with van der Waals surface area (Å²) in [5, 5.41) is 3.36. The average molecular weight is 374 g/mol. The van der Waals surface area contributed by atoms with E-state index in [0.29, 0.717) is 12.2 Å². The number of rotatable bonds is 3. The standard InChI is InChI=1S/C20H21F3N4/c21-20(22,23)16-7-8-18-25-19(15-5-2-1-3-6-15)17(27(18)13-16)14-26-11-4-9-24-10-12-26/h1-3,5-8,13,24H,4,9-12,14H2. The summed E-state index contributed by atoms with van der Waals surface area (Å²) in [7, 11) is 0. The predicted molar refractivity (Wildman–Crippen MR) is 98.4 cm³/mol. The molecule has 0 amide bonds. The molecule has 0 atom stereocenters. The zero-order chi connectivity index (χ0) is 18.9. The molecule has 0 saturated carbocycles. The topological polar surface area (TPSA) is 32.6 Å². The molecule has 3 aromatic rings. The molecular weight excluding hydrogens is 353 g/mol. The van der Waals surface area contributed by atoms with E-state index in [1.165, 1.54) is 12.3 Å². The van der Waals surface area contributed by atoms with Crippen molar-refractivity contribution in [1.29, 1.82) is 0 Å². The Morgan fingerprint density at radius 3 is 2.59 bits per heavy atom. The van der Waals surface area contributed by atoms with Gasteiger partial charge in [-0.2, -0.15) is 13.2 Å². The minimum atomic E-state index is -4.38. The quantitative estimate of drug-likeness (QED) is 0.757. The second-order valence-corrected chi connectivity index (χ2v) is 6.80. The van der Waals surface area contributed by atoms with Gasteiger partial charge in [-0.1, -0.05) is 30.3 Å². The molecule has 0 spiro atoms. The Kier molecular flexibility index (Phi) is 4.88. The van der Waals surface area contributed by atoms with E-state index in [-0.39, 0.29) is 0 Å². The lowest BCUT2D eigenvalue weighted by Crippen LogP contribution is -2.28. The van der Waals surface area contributed by atoms with Crippen molar-refractivity contribution >= 4 is 5.65 Å². The molecule has 4 nitrogen and oxygen atoms in total. The lowest BCUT2D eigenvalue weighted by molar-refractivity contribution is -0.137. The first-order valence-electron chi connectivity index (χ1n) is 9.09. The van der Waals surface area contributed by atoms with E-state index >= 15 is 0 Å². The zero-order valence-electron chi connectivity index (χ0n) is 14.8. The molecule has 27 heavy (non-hydrogen) atoms. The van der Waals surface area contributed by atoms with Crippen LogP contribution in [0.3, 0.4) is 0 Å².